The third kappa shape index (κ3) is 2.73. The van der Waals surface area contributed by atoms with Gasteiger partial charge in [-0.2, -0.15) is 0 Å². The fourth-order valence-electron chi connectivity index (χ4n) is 1.46. The summed E-state index contributed by atoms with van der Waals surface area (Å²) in [6.07, 6.45) is 0. The van der Waals surface area contributed by atoms with Crippen molar-refractivity contribution in [2.45, 2.75) is 6.92 Å². The van der Waals surface area contributed by atoms with E-state index in [1.54, 1.807) is 19.1 Å². The molecule has 0 saturated heterocycles. The number of hydrogen-bond donors (Lipinski definition) is 1. The second-order valence-corrected chi connectivity index (χ2v) is 3.86. The molecule has 2 aromatic rings. The van der Waals surface area contributed by atoms with Crippen LogP contribution in [0.3, 0.4) is 0 Å². The second-order valence-electron chi connectivity index (χ2n) is 3.86. The summed E-state index contributed by atoms with van der Waals surface area (Å²) < 4.78 is 39.3. The Morgan fingerprint density at radius 2 is 1.63 bits per heavy atom. The number of phenols is 1. The van der Waals surface area contributed by atoms with E-state index in [0.717, 1.165) is 0 Å². The van der Waals surface area contributed by atoms with E-state index in [4.69, 9.17) is 0 Å². The number of aromatic hydroxyl groups is 1. The molecule has 0 aliphatic rings. The predicted molar refractivity (Wildman–Crippen MR) is 63.3 cm³/mol. The molecule has 0 saturated carbocycles. The molecule has 0 aromatic heterocycles. The lowest BCUT2D eigenvalue weighted by Crippen LogP contribution is -1.85. The Bertz CT molecular complexity index is 633. The van der Waals surface area contributed by atoms with E-state index in [1.165, 1.54) is 6.07 Å². The van der Waals surface area contributed by atoms with Crippen LogP contribution in [0.25, 0.3) is 0 Å². The summed E-state index contributed by atoms with van der Waals surface area (Å²) in [7, 11) is 0. The smallest absolute Gasteiger partial charge is 0.157 e. The maximum Gasteiger partial charge on any atom is 0.157 e. The van der Waals surface area contributed by atoms with Crippen LogP contribution in [0, 0.1) is 24.4 Å². The molecule has 0 aliphatic heterocycles. The fourth-order valence-corrected chi connectivity index (χ4v) is 1.46. The van der Waals surface area contributed by atoms with Gasteiger partial charge in [0.25, 0.3) is 0 Å². The highest BCUT2D eigenvalue weighted by Crippen LogP contribution is 2.32. The summed E-state index contributed by atoms with van der Waals surface area (Å²) >= 11 is 0. The van der Waals surface area contributed by atoms with Crippen LogP contribution in [-0.2, 0) is 0 Å². The summed E-state index contributed by atoms with van der Waals surface area (Å²) in [5.41, 5.74) is -0.0815. The van der Waals surface area contributed by atoms with Crippen molar-refractivity contribution in [1.82, 2.24) is 0 Å². The molecule has 98 valence electrons. The van der Waals surface area contributed by atoms with Gasteiger partial charge in [-0.1, -0.05) is 12.1 Å². The average Bonchev–Trinajstić information content (AvgIpc) is 2.33. The van der Waals surface area contributed by atoms with Gasteiger partial charge in [0.05, 0.1) is 0 Å². The fraction of sp³-hybridized carbons (Fsp3) is 0.0769. The summed E-state index contributed by atoms with van der Waals surface area (Å²) in [6.45, 7) is 1.65. The van der Waals surface area contributed by atoms with E-state index >= 15 is 0 Å². The van der Waals surface area contributed by atoms with Gasteiger partial charge in [0.2, 0.25) is 0 Å². The molecular weight excluding hydrogens is 257 g/mol. The van der Waals surface area contributed by atoms with Gasteiger partial charge in [0.1, 0.15) is 17.3 Å². The lowest BCUT2D eigenvalue weighted by atomic mass is 10.2. The minimum absolute atomic E-state index is 0.0723. The normalized spacial score (nSPS) is 11.2. The zero-order valence-electron chi connectivity index (χ0n) is 9.86. The third-order valence-electron chi connectivity index (χ3n) is 2.46. The SMILES string of the molecule is Cc1cccc(N=Nc2c(F)cc(F)cc2F)c1O. The molecule has 0 fully saturated rings. The highest BCUT2D eigenvalue weighted by Gasteiger charge is 2.11. The highest BCUT2D eigenvalue weighted by molar-refractivity contribution is 5.54. The van der Waals surface area contributed by atoms with E-state index < -0.39 is 23.1 Å². The quantitative estimate of drug-likeness (QED) is 0.797. The van der Waals surface area contributed by atoms with E-state index in [0.29, 0.717) is 17.7 Å². The Balaban J connectivity index is 2.41. The minimum atomic E-state index is -1.16. The first kappa shape index (κ1) is 13.1. The van der Waals surface area contributed by atoms with Gasteiger partial charge < -0.3 is 5.11 Å². The average molecular weight is 266 g/mol. The van der Waals surface area contributed by atoms with Crippen LogP contribution in [-0.4, -0.2) is 5.11 Å². The molecule has 2 aromatic carbocycles. The van der Waals surface area contributed by atoms with Crippen LogP contribution in [0.15, 0.2) is 40.6 Å². The summed E-state index contributed by atoms with van der Waals surface area (Å²) in [4.78, 5) is 0. The standard InChI is InChI=1S/C13H9F3N2O/c1-7-3-2-4-11(13(7)19)17-18-12-9(15)5-8(14)6-10(12)16/h2-6,19H,1H3. The minimum Gasteiger partial charge on any atom is -0.505 e. The Kier molecular flexibility index (Phi) is 3.50. The maximum absolute atomic E-state index is 13.3. The van der Waals surface area contributed by atoms with Crippen molar-refractivity contribution in [3.63, 3.8) is 0 Å². The molecule has 0 atom stereocenters. The Morgan fingerprint density at radius 3 is 2.26 bits per heavy atom. The van der Waals surface area contributed by atoms with Crippen LogP contribution in [0.4, 0.5) is 24.5 Å². The van der Waals surface area contributed by atoms with Gasteiger partial charge in [-0.25, -0.2) is 13.2 Å². The highest BCUT2D eigenvalue weighted by atomic mass is 19.1. The monoisotopic (exact) mass is 266 g/mol. The van der Waals surface area contributed by atoms with Crippen molar-refractivity contribution in [2.24, 2.45) is 10.2 Å². The van der Waals surface area contributed by atoms with E-state index in [2.05, 4.69) is 10.2 Å². The number of halogens is 3. The van der Waals surface area contributed by atoms with Crippen molar-refractivity contribution in [3.05, 3.63) is 53.3 Å². The number of hydrogen-bond acceptors (Lipinski definition) is 3. The number of phenolic OH excluding ortho intramolecular Hbond substituents is 1. The van der Waals surface area contributed by atoms with Crippen LogP contribution in [0.1, 0.15) is 5.56 Å². The molecule has 19 heavy (non-hydrogen) atoms. The van der Waals surface area contributed by atoms with Crippen LogP contribution in [0.5, 0.6) is 5.75 Å². The molecule has 0 heterocycles. The van der Waals surface area contributed by atoms with E-state index in [9.17, 15) is 18.3 Å². The van der Waals surface area contributed by atoms with Crippen molar-refractivity contribution in [2.75, 3.05) is 0 Å². The number of para-hydroxylation sites is 1. The van der Waals surface area contributed by atoms with Gasteiger partial charge in [-0.3, -0.25) is 0 Å². The number of azo groups is 1. The van der Waals surface area contributed by atoms with Gasteiger partial charge >= 0.3 is 0 Å². The number of nitrogens with zero attached hydrogens (tertiary/aromatic N) is 2. The second kappa shape index (κ2) is 5.09. The van der Waals surface area contributed by atoms with Crippen molar-refractivity contribution in [1.29, 1.82) is 0 Å². The molecule has 0 spiro atoms. The van der Waals surface area contributed by atoms with Gasteiger partial charge in [0.15, 0.2) is 17.3 Å². The largest absolute Gasteiger partial charge is 0.505 e. The first-order valence-electron chi connectivity index (χ1n) is 5.34. The molecule has 0 unspecified atom stereocenters. The van der Waals surface area contributed by atoms with Gasteiger partial charge in [-0.05, 0) is 18.6 Å². The first-order valence-corrected chi connectivity index (χ1v) is 5.34. The summed E-state index contributed by atoms with van der Waals surface area (Å²) in [6, 6.07) is 5.71. The van der Waals surface area contributed by atoms with Gasteiger partial charge in [0, 0.05) is 12.1 Å². The molecule has 0 bridgehead atoms. The molecule has 0 amide bonds. The van der Waals surface area contributed by atoms with E-state index in [-0.39, 0.29) is 11.4 Å². The summed E-state index contributed by atoms with van der Waals surface area (Å²) in [5.74, 6) is -3.48. The van der Waals surface area contributed by atoms with Crippen molar-refractivity contribution >= 4 is 11.4 Å². The lowest BCUT2D eigenvalue weighted by Gasteiger charge is -2.01. The Labute approximate surface area is 107 Å². The Hall–Kier alpha value is -2.37. The molecule has 6 heteroatoms. The molecule has 1 N–H and O–H groups in total. The number of benzene rings is 2. The van der Waals surface area contributed by atoms with Gasteiger partial charge in [-0.15, -0.1) is 10.2 Å². The zero-order chi connectivity index (χ0) is 14.0. The Morgan fingerprint density at radius 1 is 1.00 bits per heavy atom. The maximum atomic E-state index is 13.3. The lowest BCUT2D eigenvalue weighted by molar-refractivity contribution is 0.472. The van der Waals surface area contributed by atoms with Crippen LogP contribution in [0.2, 0.25) is 0 Å². The summed E-state index contributed by atoms with van der Waals surface area (Å²) in [5, 5.41) is 16.6. The van der Waals surface area contributed by atoms with Crippen LogP contribution >= 0.6 is 0 Å². The molecule has 0 radical (unpaired) electrons. The van der Waals surface area contributed by atoms with Crippen molar-refractivity contribution in [3.8, 4) is 5.75 Å². The molecule has 3 nitrogen and oxygen atoms in total. The number of rotatable bonds is 2. The molecule has 2 rings (SSSR count). The van der Waals surface area contributed by atoms with Crippen molar-refractivity contribution < 1.29 is 18.3 Å². The molecular formula is C13H9F3N2O. The first-order chi connectivity index (χ1) is 8.99. The number of aryl methyl sites for hydroxylation is 1. The van der Waals surface area contributed by atoms with E-state index in [1.807, 2.05) is 0 Å². The third-order valence-corrected chi connectivity index (χ3v) is 2.46. The van der Waals surface area contributed by atoms with Crippen LogP contribution < -0.4 is 0 Å². The topological polar surface area (TPSA) is 45.0 Å². The predicted octanol–water partition coefficient (Wildman–Crippen LogP) is 4.53. The molecule has 0 aliphatic carbocycles. The zero-order valence-corrected chi connectivity index (χ0v) is 9.86.